The molecule has 1 aromatic rings. The highest BCUT2D eigenvalue weighted by molar-refractivity contribution is 7.55. The van der Waals surface area contributed by atoms with Gasteiger partial charge in [0.25, 0.3) is 0 Å². The van der Waals surface area contributed by atoms with Crippen molar-refractivity contribution in [2.75, 3.05) is 28.4 Å². The van der Waals surface area contributed by atoms with E-state index in [1.807, 2.05) is 0 Å². The van der Waals surface area contributed by atoms with Gasteiger partial charge in [-0.25, -0.2) is 8.96 Å². The molecule has 0 heterocycles. The zero-order valence-electron chi connectivity index (χ0n) is 12.0. The lowest BCUT2D eigenvalue weighted by atomic mass is 10.2. The molecule has 0 saturated carbocycles. The van der Waals surface area contributed by atoms with Crippen LogP contribution in [0.3, 0.4) is 0 Å². The average Bonchev–Trinajstić information content (AvgIpc) is 2.52. The van der Waals surface area contributed by atoms with Gasteiger partial charge in [-0.2, -0.15) is 0 Å². The summed E-state index contributed by atoms with van der Waals surface area (Å²) in [6.07, 6.45) is 0. The van der Waals surface area contributed by atoms with Crippen molar-refractivity contribution >= 4 is 15.4 Å². The Kier molecular flexibility index (Phi) is 6.69. The number of hydrogen-bond donors (Lipinski definition) is 0. The number of phosphoric ester groups is 1. The Morgan fingerprint density at radius 1 is 0.952 bits per heavy atom. The van der Waals surface area contributed by atoms with E-state index in [-0.39, 0.29) is 5.56 Å². The zero-order valence-corrected chi connectivity index (χ0v) is 13.8. The van der Waals surface area contributed by atoms with Gasteiger partial charge in [0.2, 0.25) is 0 Å². The summed E-state index contributed by atoms with van der Waals surface area (Å²) >= 11 is 0. The summed E-state index contributed by atoms with van der Waals surface area (Å²) in [5, 5.41) is 0. The van der Waals surface area contributed by atoms with E-state index in [0.717, 1.165) is 34.5 Å². The smallest absolute Gasteiger partial charge is 0.310 e. The first-order chi connectivity index (χ1) is 9.85. The molecule has 0 spiro atoms. The van der Waals surface area contributed by atoms with Crippen LogP contribution in [-0.4, -0.2) is 28.4 Å². The normalized spacial score (nSPS) is 14.1. The van der Waals surface area contributed by atoms with Gasteiger partial charge < -0.3 is 9.05 Å². The first-order valence-electron chi connectivity index (χ1n) is 5.71. The molecule has 0 aliphatic rings. The first kappa shape index (κ1) is 18.5. The molecule has 0 fully saturated rings. The minimum absolute atomic E-state index is 0.154. The highest BCUT2D eigenvalue weighted by atomic mass is 31.2. The molecule has 0 aromatic heterocycles. The van der Waals surface area contributed by atoms with Gasteiger partial charge in [0.1, 0.15) is 5.82 Å². The van der Waals surface area contributed by atoms with E-state index in [9.17, 15) is 13.5 Å². The van der Waals surface area contributed by atoms with Gasteiger partial charge in [-0.3, -0.25) is 18.1 Å². The first-order valence-corrected chi connectivity index (χ1v) is 8.78. The summed E-state index contributed by atoms with van der Waals surface area (Å²) in [5.41, 5.74) is -0.154. The van der Waals surface area contributed by atoms with Crippen LogP contribution in [0.4, 0.5) is 4.39 Å². The Balaban J connectivity index is 3.35. The van der Waals surface area contributed by atoms with Crippen molar-refractivity contribution in [2.24, 2.45) is 0 Å². The number of rotatable bonds is 8. The Hall–Kier alpha value is -0.590. The second-order valence-electron chi connectivity index (χ2n) is 3.70. The molecule has 0 aliphatic carbocycles. The van der Waals surface area contributed by atoms with E-state index >= 15 is 0 Å². The fraction of sp³-hybridized carbons (Fsp3) is 0.455. The maximum absolute atomic E-state index is 13.9. The quantitative estimate of drug-likeness (QED) is 0.666. The third kappa shape index (κ3) is 4.20. The molecule has 0 bridgehead atoms. The molecule has 0 N–H and O–H groups in total. The molecule has 0 radical (unpaired) electrons. The van der Waals surface area contributed by atoms with Crippen LogP contribution in [0.2, 0.25) is 0 Å². The Labute approximate surface area is 122 Å². The summed E-state index contributed by atoms with van der Waals surface area (Å²) in [4.78, 5) is 0. The maximum atomic E-state index is 13.9. The number of halogens is 1. The fourth-order valence-corrected chi connectivity index (χ4v) is 4.08. The van der Waals surface area contributed by atoms with Crippen LogP contribution >= 0.6 is 15.4 Å². The minimum atomic E-state index is -4.04. The predicted octanol–water partition coefficient (Wildman–Crippen LogP) is 3.73. The summed E-state index contributed by atoms with van der Waals surface area (Å²) in [6.45, 7) is 0. The van der Waals surface area contributed by atoms with E-state index in [0.29, 0.717) is 0 Å². The second-order valence-corrected chi connectivity index (χ2v) is 7.81. The van der Waals surface area contributed by atoms with Crippen molar-refractivity contribution in [1.82, 2.24) is 0 Å². The highest BCUT2D eigenvalue weighted by Crippen LogP contribution is 2.66. The molecular weight excluding hydrogens is 325 g/mol. The van der Waals surface area contributed by atoms with Gasteiger partial charge in [0.15, 0.2) is 5.85 Å². The third-order valence-electron chi connectivity index (χ3n) is 2.64. The van der Waals surface area contributed by atoms with Crippen molar-refractivity contribution < 1.29 is 36.1 Å². The van der Waals surface area contributed by atoms with Crippen LogP contribution in [-0.2, 0) is 31.7 Å². The standard InChI is InChI=1S/C11H17FO7P2/c1-15-20(13,16-2)11(19-21(14,17-3)18-4)9-7-5-6-8-10(9)12/h5-8,11H,1-4H3. The molecule has 0 saturated heterocycles. The second kappa shape index (κ2) is 7.61. The van der Waals surface area contributed by atoms with E-state index in [4.69, 9.17) is 13.6 Å². The molecule has 1 rings (SSSR count). The lowest BCUT2D eigenvalue weighted by Crippen LogP contribution is -2.10. The molecule has 0 amide bonds. The van der Waals surface area contributed by atoms with Crippen LogP contribution in [0.1, 0.15) is 11.4 Å². The summed E-state index contributed by atoms with van der Waals surface area (Å²) in [5.74, 6) is -2.34. The molecule has 1 aromatic carbocycles. The Morgan fingerprint density at radius 2 is 1.48 bits per heavy atom. The van der Waals surface area contributed by atoms with Crippen molar-refractivity contribution in [3.05, 3.63) is 35.6 Å². The topological polar surface area (TPSA) is 80.3 Å². The van der Waals surface area contributed by atoms with Crippen LogP contribution in [0.25, 0.3) is 0 Å². The monoisotopic (exact) mass is 342 g/mol. The molecule has 1 atom stereocenters. The maximum Gasteiger partial charge on any atom is 0.475 e. The molecule has 21 heavy (non-hydrogen) atoms. The van der Waals surface area contributed by atoms with Gasteiger partial charge in [-0.15, -0.1) is 0 Å². The molecule has 1 unspecified atom stereocenters. The SMILES string of the molecule is COP(=O)(OC)OC(c1ccccc1F)P(=O)(OC)OC. The van der Waals surface area contributed by atoms with Crippen molar-refractivity contribution in [1.29, 1.82) is 0 Å². The third-order valence-corrected chi connectivity index (χ3v) is 6.15. The van der Waals surface area contributed by atoms with Crippen LogP contribution < -0.4 is 0 Å². The largest absolute Gasteiger partial charge is 0.475 e. The van der Waals surface area contributed by atoms with E-state index in [1.54, 1.807) is 0 Å². The average molecular weight is 342 g/mol. The highest BCUT2D eigenvalue weighted by Gasteiger charge is 2.44. The van der Waals surface area contributed by atoms with Crippen LogP contribution in [0.15, 0.2) is 24.3 Å². The Morgan fingerprint density at radius 3 is 1.90 bits per heavy atom. The van der Waals surface area contributed by atoms with Gasteiger partial charge in [0, 0.05) is 34.0 Å². The number of phosphoric acid groups is 1. The number of benzene rings is 1. The van der Waals surface area contributed by atoms with Crippen molar-refractivity contribution in [3.8, 4) is 0 Å². The molecule has 10 heteroatoms. The summed E-state index contributed by atoms with van der Waals surface area (Å²) < 4.78 is 62.5. The molecule has 120 valence electrons. The summed E-state index contributed by atoms with van der Waals surface area (Å²) in [6, 6.07) is 5.37. The van der Waals surface area contributed by atoms with Crippen molar-refractivity contribution in [2.45, 2.75) is 5.85 Å². The zero-order chi connectivity index (χ0) is 16.1. The van der Waals surface area contributed by atoms with Gasteiger partial charge in [-0.05, 0) is 6.07 Å². The lowest BCUT2D eigenvalue weighted by molar-refractivity contribution is 0.115. The van der Waals surface area contributed by atoms with E-state index in [1.165, 1.54) is 18.2 Å². The van der Waals surface area contributed by atoms with Crippen LogP contribution in [0.5, 0.6) is 0 Å². The van der Waals surface area contributed by atoms with Gasteiger partial charge in [-0.1, -0.05) is 18.2 Å². The van der Waals surface area contributed by atoms with Crippen LogP contribution in [0, 0.1) is 5.82 Å². The fourth-order valence-electron chi connectivity index (χ4n) is 1.51. The molecular formula is C11H17FO7P2. The molecule has 0 aliphatic heterocycles. The minimum Gasteiger partial charge on any atom is -0.310 e. The van der Waals surface area contributed by atoms with E-state index in [2.05, 4.69) is 9.05 Å². The summed E-state index contributed by atoms with van der Waals surface area (Å²) in [7, 11) is -3.64. The van der Waals surface area contributed by atoms with Gasteiger partial charge >= 0.3 is 15.4 Å². The molecule has 7 nitrogen and oxygen atoms in total. The van der Waals surface area contributed by atoms with Gasteiger partial charge in [0.05, 0.1) is 0 Å². The Bertz CT molecular complexity index is 549. The number of hydrogen-bond acceptors (Lipinski definition) is 7. The lowest BCUT2D eigenvalue weighted by Gasteiger charge is -2.27. The van der Waals surface area contributed by atoms with E-state index < -0.39 is 27.1 Å². The predicted molar refractivity (Wildman–Crippen MR) is 73.5 cm³/mol. The van der Waals surface area contributed by atoms with Crippen molar-refractivity contribution in [3.63, 3.8) is 0 Å².